The van der Waals surface area contributed by atoms with Gasteiger partial charge in [-0.3, -0.25) is 14.4 Å². The highest BCUT2D eigenvalue weighted by Crippen LogP contribution is 2.28. The summed E-state index contributed by atoms with van der Waals surface area (Å²) in [6.45, 7) is 14.4. The van der Waals surface area contributed by atoms with E-state index in [1.165, 1.54) is 0 Å². The van der Waals surface area contributed by atoms with Gasteiger partial charge in [0.2, 0.25) is 0 Å². The molecule has 0 fully saturated rings. The molecule has 0 aliphatic heterocycles. The number of rotatable bonds is 18. The summed E-state index contributed by atoms with van der Waals surface area (Å²) in [5.41, 5.74) is 1.64. The largest absolute Gasteiger partial charge is 0.458 e. The van der Waals surface area contributed by atoms with Crippen molar-refractivity contribution in [2.45, 2.75) is 132 Å². The van der Waals surface area contributed by atoms with Crippen LogP contribution in [0.3, 0.4) is 0 Å². The van der Waals surface area contributed by atoms with E-state index < -0.39 is 18.9 Å². The summed E-state index contributed by atoms with van der Waals surface area (Å²) in [4.78, 5) is 36.5. The van der Waals surface area contributed by atoms with E-state index in [4.69, 9.17) is 14.2 Å². The Hall–Kier alpha value is -2.73. The first-order valence-corrected chi connectivity index (χ1v) is 17.9. The maximum atomic E-state index is 12.2. The second-order valence-corrected chi connectivity index (χ2v) is 19.2. The molecule has 0 saturated heterocycles. The van der Waals surface area contributed by atoms with Gasteiger partial charge in [-0.15, -0.1) is 15.3 Å². The van der Waals surface area contributed by atoms with E-state index in [-0.39, 0.29) is 49.9 Å². The Morgan fingerprint density at radius 2 is 0.875 bits per heavy atom. The SMILES string of the molecule is CC(CCC(CCC(C)n1cc(COC(=O)C(C)(C)Br)nn1)n1cc(COC(=O)C(C)(C)Br)nn1)n1cc(COC(=O)C(C)(C)Br)nn1. The quantitative estimate of drug-likeness (QED) is 0.0865. The third kappa shape index (κ3) is 12.3. The van der Waals surface area contributed by atoms with Gasteiger partial charge in [0, 0.05) is 0 Å². The van der Waals surface area contributed by atoms with Gasteiger partial charge < -0.3 is 14.2 Å². The Bertz CT molecular complexity index is 1440. The van der Waals surface area contributed by atoms with Crippen LogP contribution in [0.2, 0.25) is 0 Å². The molecule has 0 bridgehead atoms. The fourth-order valence-electron chi connectivity index (χ4n) is 4.22. The van der Waals surface area contributed by atoms with Gasteiger partial charge in [-0.1, -0.05) is 63.4 Å². The lowest BCUT2D eigenvalue weighted by Gasteiger charge is -2.21. The molecule has 18 heteroatoms. The molecule has 0 radical (unpaired) electrons. The highest BCUT2D eigenvalue weighted by Gasteiger charge is 2.28. The smallest absolute Gasteiger partial charge is 0.322 e. The number of esters is 3. The molecule has 0 spiro atoms. The number of aromatic nitrogens is 9. The van der Waals surface area contributed by atoms with Crippen LogP contribution in [0.5, 0.6) is 0 Å². The van der Waals surface area contributed by atoms with Crippen LogP contribution in [0, 0.1) is 0 Å². The lowest BCUT2D eigenvalue weighted by atomic mass is 10.0. The molecule has 3 heterocycles. The van der Waals surface area contributed by atoms with Crippen LogP contribution in [0.15, 0.2) is 18.6 Å². The molecule has 0 aliphatic rings. The number of carbonyl (C=O) groups is 3. The van der Waals surface area contributed by atoms with Crippen molar-refractivity contribution in [2.75, 3.05) is 0 Å². The summed E-state index contributed by atoms with van der Waals surface area (Å²) in [6.07, 6.45) is 8.29. The number of hydrogen-bond donors (Lipinski definition) is 0. The average Bonchev–Trinajstić information content (AvgIpc) is 3.77. The lowest BCUT2D eigenvalue weighted by molar-refractivity contribution is -0.147. The van der Waals surface area contributed by atoms with E-state index in [0.29, 0.717) is 17.1 Å². The van der Waals surface area contributed by atoms with E-state index >= 15 is 0 Å². The maximum absolute atomic E-state index is 12.2. The molecule has 0 N–H and O–H groups in total. The van der Waals surface area contributed by atoms with E-state index in [9.17, 15) is 14.4 Å². The summed E-state index contributed by atoms with van der Waals surface area (Å²) in [5, 5.41) is 25.5. The predicted molar refractivity (Wildman–Crippen MR) is 185 cm³/mol. The second kappa shape index (κ2) is 16.8. The van der Waals surface area contributed by atoms with Gasteiger partial charge in [-0.2, -0.15) is 0 Å². The second-order valence-electron chi connectivity index (χ2n) is 13.2. The molecule has 2 unspecified atom stereocenters. The van der Waals surface area contributed by atoms with E-state index in [1.807, 2.05) is 18.5 Å². The van der Waals surface area contributed by atoms with Crippen LogP contribution >= 0.6 is 47.8 Å². The molecule has 3 aromatic heterocycles. The third-order valence-electron chi connectivity index (χ3n) is 7.30. The minimum absolute atomic E-state index is 0.00449. The first kappa shape index (κ1) is 39.7. The summed E-state index contributed by atoms with van der Waals surface area (Å²) >= 11 is 9.91. The predicted octanol–water partition coefficient (Wildman–Crippen LogP) is 5.74. The first-order chi connectivity index (χ1) is 22.2. The Labute approximate surface area is 305 Å². The monoisotopic (exact) mass is 863 g/mol. The zero-order chi connectivity index (χ0) is 35.9. The van der Waals surface area contributed by atoms with Gasteiger partial charge in [0.05, 0.1) is 36.7 Å². The van der Waals surface area contributed by atoms with Crippen LogP contribution in [0.1, 0.15) is 116 Å². The van der Waals surface area contributed by atoms with Gasteiger partial charge in [-0.05, 0) is 81.1 Å². The molecule has 266 valence electrons. The molecule has 0 aromatic carbocycles. The molecule has 15 nitrogen and oxygen atoms in total. The maximum Gasteiger partial charge on any atom is 0.322 e. The Balaban J connectivity index is 1.66. The lowest BCUT2D eigenvalue weighted by Crippen LogP contribution is -2.26. The summed E-state index contributed by atoms with van der Waals surface area (Å²) in [5.74, 6) is -1.17. The summed E-state index contributed by atoms with van der Waals surface area (Å²) in [7, 11) is 0. The number of hydrogen-bond acceptors (Lipinski definition) is 12. The Kier molecular flexibility index (Phi) is 13.9. The standard InChI is InChI=1S/C30H44Br3N9O6/c1-19(40-13-21(34-37-40)16-46-25(43)28(3,4)31)9-11-24(42-15-23(36-39-42)18-48-27(45)30(7,8)33)12-10-20(2)41-14-22(35-38-41)17-47-26(44)29(5,6)32/h13-15,19-20,24H,9-12,16-18H2,1-8H3. The van der Waals surface area contributed by atoms with Crippen LogP contribution in [0.4, 0.5) is 0 Å². The van der Waals surface area contributed by atoms with Crippen LogP contribution in [-0.2, 0) is 48.4 Å². The minimum Gasteiger partial charge on any atom is -0.458 e. The number of halogens is 3. The van der Waals surface area contributed by atoms with Crippen molar-refractivity contribution in [3.05, 3.63) is 35.7 Å². The molecule has 3 aromatic rings. The van der Waals surface area contributed by atoms with Gasteiger partial charge in [0.1, 0.15) is 49.9 Å². The van der Waals surface area contributed by atoms with Gasteiger partial charge in [-0.25, -0.2) is 14.0 Å². The molecule has 0 saturated carbocycles. The van der Waals surface area contributed by atoms with Crippen molar-refractivity contribution in [3.63, 3.8) is 0 Å². The number of carbonyl (C=O) groups excluding carboxylic acids is 3. The Morgan fingerprint density at radius 3 is 1.19 bits per heavy atom. The molecular formula is C30H44Br3N9O6. The van der Waals surface area contributed by atoms with Gasteiger partial charge in [0.25, 0.3) is 0 Å². The normalized spacial score (nSPS) is 14.3. The minimum atomic E-state index is -0.807. The Morgan fingerprint density at radius 1 is 0.583 bits per heavy atom. The van der Waals surface area contributed by atoms with Crippen LogP contribution in [0.25, 0.3) is 0 Å². The van der Waals surface area contributed by atoms with E-state index in [2.05, 4.69) is 78.7 Å². The summed E-state index contributed by atoms with van der Waals surface area (Å²) in [6, 6.07) is -0.0657. The zero-order valence-electron chi connectivity index (χ0n) is 28.5. The van der Waals surface area contributed by atoms with Crippen molar-refractivity contribution >= 4 is 65.7 Å². The fourth-order valence-corrected chi connectivity index (χ4v) is 4.57. The van der Waals surface area contributed by atoms with Crippen LogP contribution in [-0.4, -0.2) is 75.9 Å². The third-order valence-corrected chi connectivity index (χ3v) is 8.27. The van der Waals surface area contributed by atoms with Crippen molar-refractivity contribution in [3.8, 4) is 0 Å². The van der Waals surface area contributed by atoms with Crippen molar-refractivity contribution in [2.24, 2.45) is 0 Å². The molecule has 0 aliphatic carbocycles. The summed E-state index contributed by atoms with van der Waals surface area (Å²) < 4.78 is 19.0. The molecule has 3 rings (SSSR count). The molecule has 48 heavy (non-hydrogen) atoms. The highest BCUT2D eigenvalue weighted by molar-refractivity contribution is 9.10. The molecule has 0 amide bonds. The topological polar surface area (TPSA) is 171 Å². The van der Waals surface area contributed by atoms with Crippen molar-refractivity contribution in [1.82, 2.24) is 45.0 Å². The zero-order valence-corrected chi connectivity index (χ0v) is 33.3. The van der Waals surface area contributed by atoms with Gasteiger partial charge in [0.15, 0.2) is 0 Å². The highest BCUT2D eigenvalue weighted by atomic mass is 79.9. The molecular weight excluding hydrogens is 822 g/mol. The van der Waals surface area contributed by atoms with Crippen LogP contribution < -0.4 is 0 Å². The molecule has 2 atom stereocenters. The fraction of sp³-hybridized carbons (Fsp3) is 0.700. The average molecular weight is 866 g/mol. The van der Waals surface area contributed by atoms with E-state index in [1.54, 1.807) is 69.5 Å². The number of alkyl halides is 3. The van der Waals surface area contributed by atoms with E-state index in [0.717, 1.165) is 25.7 Å². The van der Waals surface area contributed by atoms with Gasteiger partial charge >= 0.3 is 17.9 Å². The first-order valence-electron chi connectivity index (χ1n) is 15.5. The number of nitrogens with zero attached hydrogens (tertiary/aromatic N) is 9. The number of ether oxygens (including phenoxy) is 3. The van der Waals surface area contributed by atoms with Crippen molar-refractivity contribution in [1.29, 1.82) is 0 Å². The van der Waals surface area contributed by atoms with Crippen molar-refractivity contribution < 1.29 is 28.6 Å².